The van der Waals surface area contributed by atoms with Crippen LogP contribution in [0.1, 0.15) is 49.7 Å². The smallest absolute Gasteiger partial charge is 0.119 e. The van der Waals surface area contributed by atoms with Gasteiger partial charge in [-0.1, -0.05) is 38.1 Å². The average molecular weight is 339 g/mol. The van der Waals surface area contributed by atoms with Gasteiger partial charge in [0.1, 0.15) is 18.1 Å². The monoisotopic (exact) mass is 339 g/mol. The van der Waals surface area contributed by atoms with Gasteiger partial charge in [0.25, 0.3) is 0 Å². The molecule has 2 aromatic rings. The summed E-state index contributed by atoms with van der Waals surface area (Å²) in [7, 11) is 0. The van der Waals surface area contributed by atoms with Crippen molar-refractivity contribution in [2.24, 2.45) is 0 Å². The van der Waals surface area contributed by atoms with Gasteiger partial charge in [0.15, 0.2) is 0 Å². The number of benzene rings is 2. The number of ether oxygens (including phenoxy) is 1. The van der Waals surface area contributed by atoms with Crippen molar-refractivity contribution in [3.8, 4) is 11.5 Å². The zero-order chi connectivity index (χ0) is 17.6. The topological polar surface area (TPSA) is 32.7 Å². The van der Waals surface area contributed by atoms with Crippen LogP contribution in [0.25, 0.3) is 0 Å². The van der Waals surface area contributed by atoms with Gasteiger partial charge in [-0.3, -0.25) is 4.90 Å². The summed E-state index contributed by atoms with van der Waals surface area (Å²) in [5.41, 5.74) is 2.56. The maximum atomic E-state index is 9.45. The first-order chi connectivity index (χ1) is 12.1. The molecule has 2 aromatic carbocycles. The van der Waals surface area contributed by atoms with Gasteiger partial charge in [-0.15, -0.1) is 0 Å². The highest BCUT2D eigenvalue weighted by Crippen LogP contribution is 2.33. The summed E-state index contributed by atoms with van der Waals surface area (Å²) in [4.78, 5) is 2.47. The van der Waals surface area contributed by atoms with Crippen molar-refractivity contribution in [1.82, 2.24) is 4.90 Å². The van der Waals surface area contributed by atoms with Crippen molar-refractivity contribution in [2.75, 3.05) is 26.2 Å². The number of nitrogens with zero attached hydrogens (tertiary/aromatic N) is 1. The standard InChI is InChI=1S/C22H29NO2/c1-17(19-5-9-21(24)10-6-19)18(2)20-7-11-22(12-8-20)25-16-15-23-13-3-4-14-23/h5-12,17-18,24H,3-4,13-16H2,1-2H3/t17-,18+/m0/s1. The van der Waals surface area contributed by atoms with E-state index in [1.807, 2.05) is 12.1 Å². The lowest BCUT2D eigenvalue weighted by Crippen LogP contribution is -2.25. The summed E-state index contributed by atoms with van der Waals surface area (Å²) in [6.45, 7) is 8.71. The van der Waals surface area contributed by atoms with Crippen LogP contribution in [0.4, 0.5) is 0 Å². The lowest BCUT2D eigenvalue weighted by molar-refractivity contribution is 0.237. The highest BCUT2D eigenvalue weighted by molar-refractivity contribution is 5.34. The Kier molecular flexibility index (Phi) is 5.98. The molecule has 1 heterocycles. The molecule has 1 N–H and O–H groups in total. The second kappa shape index (κ2) is 8.39. The van der Waals surface area contributed by atoms with Crippen molar-refractivity contribution in [2.45, 2.75) is 38.5 Å². The van der Waals surface area contributed by atoms with E-state index < -0.39 is 0 Å². The second-order valence-corrected chi connectivity index (χ2v) is 7.14. The molecule has 0 aliphatic carbocycles. The molecule has 0 amide bonds. The zero-order valence-corrected chi connectivity index (χ0v) is 15.3. The zero-order valence-electron chi connectivity index (χ0n) is 15.3. The molecule has 0 spiro atoms. The van der Waals surface area contributed by atoms with Gasteiger partial charge in [0, 0.05) is 6.54 Å². The number of likely N-dealkylation sites (tertiary alicyclic amines) is 1. The van der Waals surface area contributed by atoms with Crippen molar-refractivity contribution in [3.05, 3.63) is 59.7 Å². The number of phenols is 1. The van der Waals surface area contributed by atoms with Gasteiger partial charge in [0.05, 0.1) is 0 Å². The first-order valence-corrected chi connectivity index (χ1v) is 9.37. The van der Waals surface area contributed by atoms with E-state index in [1.54, 1.807) is 12.1 Å². The Balaban J connectivity index is 1.54. The summed E-state index contributed by atoms with van der Waals surface area (Å²) in [5.74, 6) is 2.07. The molecule has 3 nitrogen and oxygen atoms in total. The van der Waals surface area contributed by atoms with E-state index >= 15 is 0 Å². The molecule has 3 rings (SSSR count). The van der Waals surface area contributed by atoms with Gasteiger partial charge in [0.2, 0.25) is 0 Å². The van der Waals surface area contributed by atoms with Crippen LogP contribution in [0.5, 0.6) is 11.5 Å². The van der Waals surface area contributed by atoms with E-state index in [0.29, 0.717) is 17.6 Å². The molecular weight excluding hydrogens is 310 g/mol. The molecule has 134 valence electrons. The largest absolute Gasteiger partial charge is 0.508 e. The Hall–Kier alpha value is -2.00. The first kappa shape index (κ1) is 17.8. The van der Waals surface area contributed by atoms with E-state index in [4.69, 9.17) is 4.74 Å². The highest BCUT2D eigenvalue weighted by Gasteiger charge is 2.16. The Morgan fingerprint density at radius 1 is 0.880 bits per heavy atom. The molecule has 1 aliphatic rings. The third-order valence-corrected chi connectivity index (χ3v) is 5.45. The normalized spacial score (nSPS) is 17.4. The van der Waals surface area contributed by atoms with Crippen LogP contribution in [0.2, 0.25) is 0 Å². The molecular formula is C22H29NO2. The van der Waals surface area contributed by atoms with Gasteiger partial charge >= 0.3 is 0 Å². The van der Waals surface area contributed by atoms with E-state index in [9.17, 15) is 5.11 Å². The quantitative estimate of drug-likeness (QED) is 0.788. The summed E-state index contributed by atoms with van der Waals surface area (Å²) in [6, 6.07) is 16.0. The van der Waals surface area contributed by atoms with Crippen LogP contribution in [0.15, 0.2) is 48.5 Å². The van der Waals surface area contributed by atoms with Crippen molar-refractivity contribution < 1.29 is 9.84 Å². The molecule has 25 heavy (non-hydrogen) atoms. The SMILES string of the molecule is C[C@H](c1ccc(O)cc1)[C@@H](C)c1ccc(OCCN2CCCC2)cc1. The fourth-order valence-corrected chi connectivity index (χ4v) is 3.52. The maximum absolute atomic E-state index is 9.45. The van der Waals surface area contributed by atoms with Gasteiger partial charge < -0.3 is 9.84 Å². The van der Waals surface area contributed by atoms with E-state index in [-0.39, 0.29) is 0 Å². The maximum Gasteiger partial charge on any atom is 0.119 e. The molecule has 2 atom stereocenters. The number of hydrogen-bond acceptors (Lipinski definition) is 3. The van der Waals surface area contributed by atoms with Crippen LogP contribution in [-0.4, -0.2) is 36.2 Å². The van der Waals surface area contributed by atoms with Crippen LogP contribution in [0.3, 0.4) is 0 Å². The second-order valence-electron chi connectivity index (χ2n) is 7.14. The molecule has 0 aromatic heterocycles. The summed E-state index contributed by atoms with van der Waals surface area (Å²) < 4.78 is 5.89. The van der Waals surface area contributed by atoms with Gasteiger partial charge in [-0.05, 0) is 73.2 Å². The third-order valence-electron chi connectivity index (χ3n) is 5.45. The fraction of sp³-hybridized carbons (Fsp3) is 0.455. The Labute approximate surface area is 151 Å². The Morgan fingerprint density at radius 2 is 1.40 bits per heavy atom. The summed E-state index contributed by atoms with van der Waals surface area (Å²) in [6.07, 6.45) is 2.65. The predicted octanol–water partition coefficient (Wildman–Crippen LogP) is 4.77. The molecule has 3 heteroatoms. The van der Waals surface area contributed by atoms with Crippen molar-refractivity contribution in [1.29, 1.82) is 0 Å². The van der Waals surface area contributed by atoms with Gasteiger partial charge in [-0.2, -0.15) is 0 Å². The highest BCUT2D eigenvalue weighted by atomic mass is 16.5. The third kappa shape index (κ3) is 4.76. The van der Waals surface area contributed by atoms with Crippen LogP contribution >= 0.6 is 0 Å². The molecule has 1 fully saturated rings. The lowest BCUT2D eigenvalue weighted by atomic mass is 9.84. The number of phenolic OH excluding ortho intramolecular Hbond substituents is 1. The molecule has 0 saturated carbocycles. The summed E-state index contributed by atoms with van der Waals surface area (Å²) >= 11 is 0. The predicted molar refractivity (Wildman–Crippen MR) is 103 cm³/mol. The van der Waals surface area contributed by atoms with Crippen LogP contribution < -0.4 is 4.74 Å². The minimum atomic E-state index is 0.319. The average Bonchev–Trinajstić information content (AvgIpc) is 3.15. The Bertz CT molecular complexity index is 645. The molecule has 0 unspecified atom stereocenters. The number of rotatable bonds is 7. The minimum Gasteiger partial charge on any atom is -0.508 e. The Morgan fingerprint density at radius 3 is 1.96 bits per heavy atom. The van der Waals surface area contributed by atoms with E-state index in [1.165, 1.54) is 37.1 Å². The van der Waals surface area contributed by atoms with Crippen molar-refractivity contribution in [3.63, 3.8) is 0 Å². The van der Waals surface area contributed by atoms with Crippen LogP contribution in [0, 0.1) is 0 Å². The number of hydrogen-bond donors (Lipinski definition) is 1. The molecule has 1 saturated heterocycles. The van der Waals surface area contributed by atoms with Crippen molar-refractivity contribution >= 4 is 0 Å². The molecule has 0 bridgehead atoms. The fourth-order valence-electron chi connectivity index (χ4n) is 3.52. The molecule has 1 aliphatic heterocycles. The number of aromatic hydroxyl groups is 1. The van der Waals surface area contributed by atoms with E-state index in [2.05, 4.69) is 43.0 Å². The summed E-state index contributed by atoms with van der Waals surface area (Å²) in [5, 5.41) is 9.45. The van der Waals surface area contributed by atoms with Gasteiger partial charge in [-0.25, -0.2) is 0 Å². The molecule has 0 radical (unpaired) electrons. The van der Waals surface area contributed by atoms with E-state index in [0.717, 1.165) is 18.9 Å². The van der Waals surface area contributed by atoms with Crippen LogP contribution in [-0.2, 0) is 0 Å². The minimum absolute atomic E-state index is 0.319. The first-order valence-electron chi connectivity index (χ1n) is 9.37. The lowest BCUT2D eigenvalue weighted by Gasteiger charge is -2.21.